The van der Waals surface area contributed by atoms with E-state index >= 15 is 0 Å². The van der Waals surface area contributed by atoms with Gasteiger partial charge >= 0.3 is 6.09 Å². The van der Waals surface area contributed by atoms with Crippen molar-refractivity contribution in [3.05, 3.63) is 24.0 Å². The normalized spacial score (nSPS) is 8.86. The third-order valence-corrected chi connectivity index (χ3v) is 1.39. The molecule has 0 bridgehead atoms. The van der Waals surface area contributed by atoms with Crippen molar-refractivity contribution in [3.8, 4) is 6.07 Å². The Labute approximate surface area is 81.3 Å². The molecule has 1 rings (SSSR count). The highest BCUT2D eigenvalue weighted by Gasteiger charge is 2.02. The molecule has 1 heterocycles. The first-order valence-electron chi connectivity index (χ1n) is 4.05. The van der Waals surface area contributed by atoms with Gasteiger partial charge in [-0.1, -0.05) is 0 Å². The van der Waals surface area contributed by atoms with Crippen molar-refractivity contribution < 1.29 is 9.53 Å². The van der Waals surface area contributed by atoms with Crippen molar-refractivity contribution >= 4 is 11.8 Å². The molecular formula is C9H9N3O2. The zero-order valence-electron chi connectivity index (χ0n) is 7.65. The monoisotopic (exact) mass is 191 g/mol. The lowest BCUT2D eigenvalue weighted by molar-refractivity contribution is 0.168. The number of amides is 1. The number of aromatic nitrogens is 1. The summed E-state index contributed by atoms with van der Waals surface area (Å²) in [5, 5.41) is 11.0. The predicted molar refractivity (Wildman–Crippen MR) is 49.6 cm³/mol. The number of carbonyl (C=O) groups is 1. The van der Waals surface area contributed by atoms with Gasteiger partial charge in [0, 0.05) is 6.20 Å². The van der Waals surface area contributed by atoms with Crippen LogP contribution in [0.2, 0.25) is 0 Å². The Morgan fingerprint density at radius 1 is 1.71 bits per heavy atom. The van der Waals surface area contributed by atoms with Gasteiger partial charge in [-0.2, -0.15) is 5.26 Å². The highest BCUT2D eigenvalue weighted by molar-refractivity contribution is 5.84. The minimum atomic E-state index is -0.551. The number of rotatable bonds is 2. The van der Waals surface area contributed by atoms with E-state index in [1.54, 1.807) is 6.92 Å². The summed E-state index contributed by atoms with van der Waals surface area (Å²) in [5.41, 5.74) is 0.835. The Morgan fingerprint density at radius 3 is 3.14 bits per heavy atom. The number of nitrogens with zero attached hydrogens (tertiary/aromatic N) is 2. The summed E-state index contributed by atoms with van der Waals surface area (Å²) in [6, 6.07) is 3.44. The average Bonchev–Trinajstić information content (AvgIpc) is 2.18. The van der Waals surface area contributed by atoms with Crippen molar-refractivity contribution in [2.75, 3.05) is 11.9 Å². The topological polar surface area (TPSA) is 75.0 Å². The fourth-order valence-electron chi connectivity index (χ4n) is 0.854. The molecule has 0 saturated heterocycles. The second kappa shape index (κ2) is 4.82. The van der Waals surface area contributed by atoms with Crippen molar-refractivity contribution in [1.29, 1.82) is 5.26 Å². The smallest absolute Gasteiger partial charge is 0.411 e. The second-order valence-corrected chi connectivity index (χ2v) is 2.42. The van der Waals surface area contributed by atoms with Crippen LogP contribution in [-0.4, -0.2) is 17.7 Å². The van der Waals surface area contributed by atoms with Crippen LogP contribution in [0.3, 0.4) is 0 Å². The van der Waals surface area contributed by atoms with Crippen LogP contribution >= 0.6 is 0 Å². The number of anilines is 1. The first-order valence-corrected chi connectivity index (χ1v) is 4.05. The maximum Gasteiger partial charge on any atom is 0.411 e. The highest BCUT2D eigenvalue weighted by atomic mass is 16.5. The fourth-order valence-corrected chi connectivity index (χ4v) is 0.854. The first-order chi connectivity index (χ1) is 6.76. The molecule has 14 heavy (non-hydrogen) atoms. The number of nitrogens with one attached hydrogen (secondary N) is 1. The Morgan fingerprint density at radius 2 is 2.50 bits per heavy atom. The first kappa shape index (κ1) is 9.99. The van der Waals surface area contributed by atoms with E-state index in [0.29, 0.717) is 17.9 Å². The van der Waals surface area contributed by atoms with E-state index in [0.717, 1.165) is 0 Å². The highest BCUT2D eigenvalue weighted by Crippen LogP contribution is 2.07. The molecule has 0 aromatic carbocycles. The summed E-state index contributed by atoms with van der Waals surface area (Å²) >= 11 is 0. The number of pyridine rings is 1. The Bertz CT molecular complexity index is 371. The van der Waals surface area contributed by atoms with E-state index in [9.17, 15) is 4.79 Å². The summed E-state index contributed by atoms with van der Waals surface area (Å²) in [4.78, 5) is 14.7. The molecule has 5 nitrogen and oxygen atoms in total. The molecule has 1 amide bonds. The molecule has 0 aliphatic carbocycles. The molecule has 0 saturated carbocycles. The maximum absolute atomic E-state index is 11.0. The minimum Gasteiger partial charge on any atom is -0.450 e. The summed E-state index contributed by atoms with van der Waals surface area (Å²) < 4.78 is 4.66. The predicted octanol–water partition coefficient (Wildman–Crippen LogP) is 1.52. The Kier molecular flexibility index (Phi) is 3.44. The summed E-state index contributed by atoms with van der Waals surface area (Å²) in [7, 11) is 0. The van der Waals surface area contributed by atoms with Gasteiger partial charge in [0.1, 0.15) is 6.07 Å². The van der Waals surface area contributed by atoms with Crippen molar-refractivity contribution in [3.63, 3.8) is 0 Å². The van der Waals surface area contributed by atoms with Crippen LogP contribution in [0.25, 0.3) is 0 Å². The number of hydrogen-bond acceptors (Lipinski definition) is 4. The van der Waals surface area contributed by atoms with Crippen molar-refractivity contribution in [2.45, 2.75) is 6.92 Å². The molecular weight excluding hydrogens is 182 g/mol. The largest absolute Gasteiger partial charge is 0.450 e. The standard InChI is InChI=1S/C9H9N3O2/c1-2-14-9(13)12-8-3-7(4-10)5-11-6-8/h3,5-6H,2H2,1H3,(H,12,13). The van der Waals surface area contributed by atoms with Gasteiger partial charge in [0.15, 0.2) is 0 Å². The van der Waals surface area contributed by atoms with Crippen LogP contribution in [-0.2, 0) is 4.74 Å². The van der Waals surface area contributed by atoms with E-state index in [-0.39, 0.29) is 0 Å². The SMILES string of the molecule is CCOC(=O)Nc1cncc(C#N)c1. The van der Waals surface area contributed by atoms with Gasteiger partial charge < -0.3 is 4.74 Å². The number of hydrogen-bond donors (Lipinski definition) is 1. The van der Waals surface area contributed by atoms with Crippen molar-refractivity contribution in [1.82, 2.24) is 4.98 Å². The van der Waals surface area contributed by atoms with Crippen LogP contribution < -0.4 is 5.32 Å². The van der Waals surface area contributed by atoms with Gasteiger partial charge in [0.05, 0.1) is 24.1 Å². The third-order valence-electron chi connectivity index (χ3n) is 1.39. The summed E-state index contributed by atoms with van der Waals surface area (Å²) in [6.45, 7) is 2.01. The van der Waals surface area contributed by atoms with Gasteiger partial charge in [-0.05, 0) is 13.0 Å². The Hall–Kier alpha value is -2.09. The lowest BCUT2D eigenvalue weighted by Gasteiger charge is -2.03. The van der Waals surface area contributed by atoms with Crippen LogP contribution in [0.5, 0.6) is 0 Å². The van der Waals surface area contributed by atoms with Gasteiger partial charge in [0.25, 0.3) is 0 Å². The van der Waals surface area contributed by atoms with Gasteiger partial charge in [0.2, 0.25) is 0 Å². The van der Waals surface area contributed by atoms with Crippen LogP contribution in [0.1, 0.15) is 12.5 Å². The van der Waals surface area contributed by atoms with E-state index in [4.69, 9.17) is 5.26 Å². The van der Waals surface area contributed by atoms with E-state index < -0.39 is 6.09 Å². The van der Waals surface area contributed by atoms with E-state index in [1.807, 2.05) is 6.07 Å². The molecule has 5 heteroatoms. The molecule has 0 radical (unpaired) electrons. The molecule has 0 unspecified atom stereocenters. The zero-order valence-corrected chi connectivity index (χ0v) is 7.65. The van der Waals surface area contributed by atoms with E-state index in [1.165, 1.54) is 18.5 Å². The quantitative estimate of drug-likeness (QED) is 0.768. The van der Waals surface area contributed by atoms with Crippen LogP contribution in [0.4, 0.5) is 10.5 Å². The number of carbonyl (C=O) groups excluding carboxylic acids is 1. The van der Waals surface area contributed by atoms with Gasteiger partial charge in [-0.15, -0.1) is 0 Å². The summed E-state index contributed by atoms with van der Waals surface area (Å²) in [5.74, 6) is 0. The number of ether oxygens (including phenoxy) is 1. The van der Waals surface area contributed by atoms with E-state index in [2.05, 4.69) is 15.0 Å². The average molecular weight is 191 g/mol. The van der Waals surface area contributed by atoms with Crippen molar-refractivity contribution in [2.24, 2.45) is 0 Å². The minimum absolute atomic E-state index is 0.303. The lowest BCUT2D eigenvalue weighted by Crippen LogP contribution is -2.13. The molecule has 0 aliphatic heterocycles. The lowest BCUT2D eigenvalue weighted by atomic mass is 10.3. The molecule has 1 aromatic rings. The molecule has 1 N–H and O–H groups in total. The van der Waals surface area contributed by atoms with Gasteiger partial charge in [-0.25, -0.2) is 4.79 Å². The van der Waals surface area contributed by atoms with Crippen LogP contribution in [0.15, 0.2) is 18.5 Å². The molecule has 0 fully saturated rings. The molecule has 0 aliphatic rings. The molecule has 0 spiro atoms. The maximum atomic E-state index is 11.0. The number of nitriles is 1. The zero-order chi connectivity index (χ0) is 10.4. The molecule has 0 atom stereocenters. The summed E-state index contributed by atoms with van der Waals surface area (Å²) in [6.07, 6.45) is 2.30. The molecule has 72 valence electrons. The molecule has 1 aromatic heterocycles. The van der Waals surface area contributed by atoms with Gasteiger partial charge in [-0.3, -0.25) is 10.3 Å². The Balaban J connectivity index is 2.68. The second-order valence-electron chi connectivity index (χ2n) is 2.42. The third kappa shape index (κ3) is 2.75. The fraction of sp³-hybridized carbons (Fsp3) is 0.222. The van der Waals surface area contributed by atoms with Crippen LogP contribution in [0, 0.1) is 11.3 Å².